The molecule has 0 spiro atoms. The number of hydrogen-bond acceptors (Lipinski definition) is 4. The molecule has 1 N–H and O–H groups in total. The van der Waals surface area contributed by atoms with Crippen LogP contribution in [0, 0.1) is 31.1 Å². The number of aryl methyl sites for hydroxylation is 1. The number of nitriles is 1. The van der Waals surface area contributed by atoms with Crippen molar-refractivity contribution in [3.05, 3.63) is 52.9 Å². The van der Waals surface area contributed by atoms with E-state index < -0.39 is 5.91 Å². The molecule has 6 heteroatoms. The molecule has 1 saturated heterocycles. The number of anilines is 2. The van der Waals surface area contributed by atoms with Crippen LogP contribution in [0.5, 0.6) is 0 Å². The smallest absolute Gasteiger partial charge is 0.266 e. The molecule has 1 aliphatic rings. The highest BCUT2D eigenvalue weighted by Crippen LogP contribution is 2.22. The maximum atomic E-state index is 12.7. The Morgan fingerprint density at radius 1 is 1.23 bits per heavy atom. The molecule has 0 unspecified atom stereocenters. The van der Waals surface area contributed by atoms with Crippen molar-refractivity contribution in [1.29, 1.82) is 5.26 Å². The van der Waals surface area contributed by atoms with E-state index in [1.54, 1.807) is 6.08 Å². The number of nitrogens with one attached hydrogen (secondary N) is 1. The maximum Gasteiger partial charge on any atom is 0.266 e. The Hall–Kier alpha value is -3.04. The molecular weight excluding hydrogens is 376 g/mol. The van der Waals surface area contributed by atoms with Crippen LogP contribution in [0.2, 0.25) is 0 Å². The molecule has 6 nitrogen and oxygen atoms in total. The van der Waals surface area contributed by atoms with Gasteiger partial charge < -0.3 is 19.5 Å². The van der Waals surface area contributed by atoms with E-state index in [-0.39, 0.29) is 5.57 Å². The number of carbonyl (C=O) groups is 1. The average molecular weight is 407 g/mol. The van der Waals surface area contributed by atoms with Crippen LogP contribution in [0.4, 0.5) is 11.4 Å². The SMILES string of the molecule is Cc1cc(/C=C(\C#N)C(=O)Nc2ccc(N3CCOCC3)cc2)c(C)n1CC(C)C. The number of rotatable bonds is 6. The fourth-order valence-electron chi connectivity index (χ4n) is 3.70. The predicted molar refractivity (Wildman–Crippen MR) is 120 cm³/mol. The van der Waals surface area contributed by atoms with E-state index in [0.29, 0.717) is 11.6 Å². The summed E-state index contributed by atoms with van der Waals surface area (Å²) in [5.41, 5.74) is 4.97. The third-order valence-corrected chi connectivity index (χ3v) is 5.33. The minimum absolute atomic E-state index is 0.0945. The van der Waals surface area contributed by atoms with Gasteiger partial charge in [-0.1, -0.05) is 13.8 Å². The molecule has 0 aliphatic carbocycles. The Bertz CT molecular complexity index is 958. The molecule has 2 aromatic rings. The van der Waals surface area contributed by atoms with E-state index in [0.717, 1.165) is 55.5 Å². The zero-order chi connectivity index (χ0) is 21.7. The Kier molecular flexibility index (Phi) is 6.96. The summed E-state index contributed by atoms with van der Waals surface area (Å²) in [6.07, 6.45) is 1.68. The Morgan fingerprint density at radius 2 is 1.90 bits per heavy atom. The van der Waals surface area contributed by atoms with Gasteiger partial charge in [0.25, 0.3) is 5.91 Å². The first kappa shape index (κ1) is 21.7. The highest BCUT2D eigenvalue weighted by molar-refractivity contribution is 6.09. The quantitative estimate of drug-likeness (QED) is 0.578. The minimum Gasteiger partial charge on any atom is -0.378 e. The third kappa shape index (κ3) is 5.11. The van der Waals surface area contributed by atoms with Crippen LogP contribution in [-0.2, 0) is 16.1 Å². The van der Waals surface area contributed by atoms with Gasteiger partial charge in [-0.2, -0.15) is 5.26 Å². The second kappa shape index (κ2) is 9.64. The Morgan fingerprint density at radius 3 is 2.50 bits per heavy atom. The molecule has 1 aromatic carbocycles. The number of aromatic nitrogens is 1. The Labute approximate surface area is 178 Å². The van der Waals surface area contributed by atoms with Crippen LogP contribution < -0.4 is 10.2 Å². The zero-order valence-electron chi connectivity index (χ0n) is 18.2. The topological polar surface area (TPSA) is 70.3 Å². The van der Waals surface area contributed by atoms with E-state index in [9.17, 15) is 10.1 Å². The van der Waals surface area contributed by atoms with Crippen LogP contribution in [0.1, 0.15) is 30.8 Å². The lowest BCUT2D eigenvalue weighted by atomic mass is 10.1. The van der Waals surface area contributed by atoms with Gasteiger partial charge in [-0.05, 0) is 61.7 Å². The van der Waals surface area contributed by atoms with Crippen molar-refractivity contribution in [3.8, 4) is 6.07 Å². The van der Waals surface area contributed by atoms with Crippen molar-refractivity contribution in [2.75, 3.05) is 36.5 Å². The second-order valence-corrected chi connectivity index (χ2v) is 8.10. The molecule has 1 amide bonds. The molecular formula is C24H30N4O2. The number of carbonyl (C=O) groups excluding carboxylic acids is 1. The summed E-state index contributed by atoms with van der Waals surface area (Å²) in [7, 11) is 0. The van der Waals surface area contributed by atoms with E-state index >= 15 is 0 Å². The van der Waals surface area contributed by atoms with Crippen LogP contribution >= 0.6 is 0 Å². The highest BCUT2D eigenvalue weighted by atomic mass is 16.5. The number of benzene rings is 1. The van der Waals surface area contributed by atoms with Crippen LogP contribution in [0.15, 0.2) is 35.9 Å². The number of hydrogen-bond donors (Lipinski definition) is 1. The molecule has 0 saturated carbocycles. The summed E-state index contributed by atoms with van der Waals surface area (Å²) in [5, 5.41) is 12.4. The first-order valence-corrected chi connectivity index (χ1v) is 10.4. The highest BCUT2D eigenvalue weighted by Gasteiger charge is 2.15. The molecule has 2 heterocycles. The Balaban J connectivity index is 1.73. The minimum atomic E-state index is -0.398. The third-order valence-electron chi connectivity index (χ3n) is 5.33. The lowest BCUT2D eigenvalue weighted by Gasteiger charge is -2.28. The lowest BCUT2D eigenvalue weighted by molar-refractivity contribution is -0.112. The van der Waals surface area contributed by atoms with Crippen molar-refractivity contribution in [2.45, 2.75) is 34.2 Å². The van der Waals surface area contributed by atoms with E-state index in [2.05, 4.69) is 35.6 Å². The van der Waals surface area contributed by atoms with Crippen LogP contribution in [0.3, 0.4) is 0 Å². The normalized spacial score (nSPS) is 14.7. The van der Waals surface area contributed by atoms with Crippen LogP contribution in [0.25, 0.3) is 6.08 Å². The first-order valence-electron chi connectivity index (χ1n) is 10.4. The molecule has 0 radical (unpaired) electrons. The van der Waals surface area contributed by atoms with Gasteiger partial charge in [-0.25, -0.2) is 0 Å². The van der Waals surface area contributed by atoms with E-state index in [1.807, 2.05) is 43.3 Å². The molecule has 1 fully saturated rings. The summed E-state index contributed by atoms with van der Waals surface area (Å²) in [6, 6.07) is 11.8. The number of amides is 1. The molecule has 158 valence electrons. The summed E-state index contributed by atoms with van der Waals surface area (Å²) in [4.78, 5) is 14.9. The van der Waals surface area contributed by atoms with Gasteiger partial charge in [0.1, 0.15) is 11.6 Å². The summed E-state index contributed by atoms with van der Waals surface area (Å²) < 4.78 is 7.61. The lowest BCUT2D eigenvalue weighted by Crippen LogP contribution is -2.36. The molecule has 3 rings (SSSR count). The predicted octanol–water partition coefficient (Wildman–Crippen LogP) is 4.14. The maximum absolute atomic E-state index is 12.7. The van der Waals surface area contributed by atoms with Crippen molar-refractivity contribution in [1.82, 2.24) is 4.57 Å². The van der Waals surface area contributed by atoms with Gasteiger partial charge in [-0.15, -0.1) is 0 Å². The molecule has 1 aliphatic heterocycles. The number of nitrogens with zero attached hydrogens (tertiary/aromatic N) is 3. The van der Waals surface area contributed by atoms with Crippen LogP contribution in [-0.4, -0.2) is 36.8 Å². The van der Waals surface area contributed by atoms with Gasteiger partial charge >= 0.3 is 0 Å². The summed E-state index contributed by atoms with van der Waals surface area (Å²) in [6.45, 7) is 12.5. The first-order chi connectivity index (χ1) is 14.4. The van der Waals surface area contributed by atoms with Crippen molar-refractivity contribution >= 4 is 23.4 Å². The van der Waals surface area contributed by atoms with Crippen molar-refractivity contribution in [2.24, 2.45) is 5.92 Å². The fraction of sp³-hybridized carbons (Fsp3) is 0.417. The molecule has 30 heavy (non-hydrogen) atoms. The largest absolute Gasteiger partial charge is 0.378 e. The van der Waals surface area contributed by atoms with Gasteiger partial charge in [0, 0.05) is 42.4 Å². The number of ether oxygens (including phenoxy) is 1. The van der Waals surface area contributed by atoms with E-state index in [4.69, 9.17) is 4.74 Å². The second-order valence-electron chi connectivity index (χ2n) is 8.10. The van der Waals surface area contributed by atoms with E-state index in [1.165, 1.54) is 0 Å². The molecule has 1 aromatic heterocycles. The van der Waals surface area contributed by atoms with Gasteiger partial charge in [0.2, 0.25) is 0 Å². The standard InChI is InChI=1S/C24H30N4O2/c1-17(2)16-28-18(3)13-20(19(28)4)14-21(15-25)24(29)26-22-5-7-23(8-6-22)27-9-11-30-12-10-27/h5-8,13-14,17H,9-12,16H2,1-4H3,(H,26,29)/b21-14+. The van der Waals surface area contributed by atoms with Gasteiger partial charge in [0.05, 0.1) is 13.2 Å². The number of morpholine rings is 1. The fourth-order valence-corrected chi connectivity index (χ4v) is 3.70. The average Bonchev–Trinajstić information content (AvgIpc) is 3.00. The molecule has 0 bridgehead atoms. The van der Waals surface area contributed by atoms with Gasteiger partial charge in [0.15, 0.2) is 0 Å². The van der Waals surface area contributed by atoms with Crippen molar-refractivity contribution in [3.63, 3.8) is 0 Å². The monoisotopic (exact) mass is 406 g/mol. The summed E-state index contributed by atoms with van der Waals surface area (Å²) in [5.74, 6) is 0.121. The zero-order valence-corrected chi connectivity index (χ0v) is 18.2. The molecule has 0 atom stereocenters. The van der Waals surface area contributed by atoms with Crippen molar-refractivity contribution < 1.29 is 9.53 Å². The van der Waals surface area contributed by atoms with Gasteiger partial charge in [-0.3, -0.25) is 4.79 Å². The summed E-state index contributed by atoms with van der Waals surface area (Å²) >= 11 is 0.